The largest absolute Gasteiger partial charge is 0.416 e. The summed E-state index contributed by atoms with van der Waals surface area (Å²) in [6.45, 7) is 1.65. The first-order chi connectivity index (χ1) is 13.3. The minimum atomic E-state index is -0.954. The molecule has 0 bridgehead atoms. The van der Waals surface area contributed by atoms with Gasteiger partial charge in [0.1, 0.15) is 11.8 Å². The number of amides is 2. The molecule has 2 amide bonds. The summed E-state index contributed by atoms with van der Waals surface area (Å²) in [5, 5.41) is 23.5. The first kappa shape index (κ1) is 19.3. The zero-order valence-electron chi connectivity index (χ0n) is 15.1. The summed E-state index contributed by atoms with van der Waals surface area (Å²) in [7, 11) is 0. The second-order valence-electron chi connectivity index (χ2n) is 6.48. The molecule has 1 saturated heterocycles. The Morgan fingerprint density at radius 3 is 2.64 bits per heavy atom. The molecule has 1 aliphatic heterocycles. The van der Waals surface area contributed by atoms with Crippen LogP contribution in [0.2, 0.25) is 0 Å². The fourth-order valence-electron chi connectivity index (χ4n) is 2.99. The number of non-ortho nitro benzene ring substituents is 1. The van der Waals surface area contributed by atoms with Crippen molar-refractivity contribution in [2.24, 2.45) is 0 Å². The average molecular weight is 385 g/mol. The van der Waals surface area contributed by atoms with E-state index < -0.39 is 29.1 Å². The van der Waals surface area contributed by atoms with Gasteiger partial charge in [-0.25, -0.2) is 4.79 Å². The van der Waals surface area contributed by atoms with Crippen LogP contribution >= 0.6 is 0 Å². The summed E-state index contributed by atoms with van der Waals surface area (Å²) in [5.74, 6) is -0.229. The summed E-state index contributed by atoms with van der Waals surface area (Å²) in [4.78, 5) is 36.7. The van der Waals surface area contributed by atoms with Crippen molar-refractivity contribution in [2.75, 3.05) is 11.9 Å². The Morgan fingerprint density at radius 1 is 1.25 bits per heavy atom. The molecule has 1 heterocycles. The van der Waals surface area contributed by atoms with E-state index in [2.05, 4.69) is 5.32 Å². The van der Waals surface area contributed by atoms with E-state index in [4.69, 9.17) is 4.74 Å². The third kappa shape index (κ3) is 4.26. The third-order valence-electron chi connectivity index (χ3n) is 4.45. The number of nitrogens with one attached hydrogen (secondary N) is 1. The van der Waals surface area contributed by atoms with Crippen LogP contribution in [0, 0.1) is 17.0 Å². The minimum absolute atomic E-state index is 0.0440. The lowest BCUT2D eigenvalue weighted by atomic mass is 10.1. The van der Waals surface area contributed by atoms with Crippen molar-refractivity contribution in [1.82, 2.24) is 4.90 Å². The van der Waals surface area contributed by atoms with Gasteiger partial charge in [-0.3, -0.25) is 19.8 Å². The molecule has 0 radical (unpaired) electrons. The molecule has 1 aliphatic rings. The van der Waals surface area contributed by atoms with Crippen LogP contribution in [0.1, 0.15) is 12.0 Å². The van der Waals surface area contributed by atoms with Crippen molar-refractivity contribution < 1.29 is 24.4 Å². The number of carbonyl (C=O) groups is 2. The van der Waals surface area contributed by atoms with Crippen LogP contribution in [0.4, 0.5) is 16.2 Å². The number of para-hydroxylation sites is 1. The number of benzene rings is 2. The summed E-state index contributed by atoms with van der Waals surface area (Å²) in [6.07, 6.45) is -1.58. The number of nitro benzene ring substituents is 1. The van der Waals surface area contributed by atoms with Gasteiger partial charge in [-0.05, 0) is 24.6 Å². The highest BCUT2D eigenvalue weighted by Crippen LogP contribution is 2.25. The van der Waals surface area contributed by atoms with Crippen molar-refractivity contribution in [1.29, 1.82) is 0 Å². The standard InChI is InChI=1S/C19H19N3O6/c1-12-7-8-13(22(26)27)9-16(12)20-18(24)17-10-14(23)11-21(17)19(25)28-15-5-3-2-4-6-15/h2-9,14,17,23H,10-11H2,1H3,(H,20,24)/t14-,17-/m1/s1. The molecule has 3 rings (SSSR count). The number of rotatable bonds is 4. The van der Waals surface area contributed by atoms with Crippen LogP contribution < -0.4 is 10.1 Å². The molecule has 0 aliphatic carbocycles. The first-order valence-electron chi connectivity index (χ1n) is 8.62. The van der Waals surface area contributed by atoms with E-state index in [0.717, 1.165) is 4.90 Å². The van der Waals surface area contributed by atoms with Gasteiger partial charge in [-0.2, -0.15) is 0 Å². The van der Waals surface area contributed by atoms with Crippen molar-refractivity contribution in [3.05, 3.63) is 64.2 Å². The summed E-state index contributed by atoms with van der Waals surface area (Å²) in [6, 6.07) is 11.6. The Morgan fingerprint density at radius 2 is 1.96 bits per heavy atom. The second-order valence-corrected chi connectivity index (χ2v) is 6.48. The Bertz CT molecular complexity index is 902. The number of β-amino-alcohol motifs (C(OH)–C–C–N with tert-alkyl or cyclic N) is 1. The van der Waals surface area contributed by atoms with E-state index in [9.17, 15) is 24.8 Å². The molecule has 9 nitrogen and oxygen atoms in total. The monoisotopic (exact) mass is 385 g/mol. The van der Waals surface area contributed by atoms with Crippen molar-refractivity contribution >= 4 is 23.4 Å². The molecule has 9 heteroatoms. The van der Waals surface area contributed by atoms with Crippen molar-refractivity contribution in [3.63, 3.8) is 0 Å². The molecule has 2 aromatic rings. The van der Waals surface area contributed by atoms with Gasteiger partial charge in [0.05, 0.1) is 23.3 Å². The van der Waals surface area contributed by atoms with Gasteiger partial charge in [0.15, 0.2) is 0 Å². The van der Waals surface area contributed by atoms with E-state index in [-0.39, 0.29) is 24.3 Å². The van der Waals surface area contributed by atoms with E-state index in [1.165, 1.54) is 18.2 Å². The predicted octanol–water partition coefficient (Wildman–Crippen LogP) is 2.48. The van der Waals surface area contributed by atoms with Crippen LogP contribution in [0.5, 0.6) is 5.75 Å². The molecule has 2 atom stereocenters. The van der Waals surface area contributed by atoms with Crippen molar-refractivity contribution in [2.45, 2.75) is 25.5 Å². The average Bonchev–Trinajstić information content (AvgIpc) is 3.06. The maximum atomic E-state index is 12.7. The molecule has 1 fully saturated rings. The lowest BCUT2D eigenvalue weighted by molar-refractivity contribution is -0.384. The summed E-state index contributed by atoms with van der Waals surface area (Å²) < 4.78 is 5.26. The number of hydrogen-bond acceptors (Lipinski definition) is 6. The van der Waals surface area contributed by atoms with Crippen LogP contribution in [-0.2, 0) is 4.79 Å². The number of ether oxygens (including phenoxy) is 1. The third-order valence-corrected chi connectivity index (χ3v) is 4.45. The van der Waals surface area contributed by atoms with E-state index in [1.54, 1.807) is 37.3 Å². The van der Waals surface area contributed by atoms with E-state index >= 15 is 0 Å². The van der Waals surface area contributed by atoms with E-state index in [0.29, 0.717) is 11.3 Å². The molecule has 2 N–H and O–H groups in total. The quantitative estimate of drug-likeness (QED) is 0.616. The minimum Gasteiger partial charge on any atom is -0.410 e. The smallest absolute Gasteiger partial charge is 0.410 e. The highest BCUT2D eigenvalue weighted by atomic mass is 16.6. The molecule has 28 heavy (non-hydrogen) atoms. The number of likely N-dealkylation sites (tertiary alicyclic amines) is 1. The Kier molecular flexibility index (Phi) is 5.55. The summed E-state index contributed by atoms with van der Waals surface area (Å²) >= 11 is 0. The normalized spacial score (nSPS) is 18.6. The zero-order valence-corrected chi connectivity index (χ0v) is 15.1. The van der Waals surface area contributed by atoms with Gasteiger partial charge in [-0.15, -0.1) is 0 Å². The predicted molar refractivity (Wildman–Crippen MR) is 100 cm³/mol. The Hall–Kier alpha value is -3.46. The van der Waals surface area contributed by atoms with Gasteiger partial charge in [-0.1, -0.05) is 24.3 Å². The Balaban J connectivity index is 1.75. The van der Waals surface area contributed by atoms with Crippen LogP contribution in [0.25, 0.3) is 0 Å². The Labute approximate surface area is 160 Å². The molecule has 0 unspecified atom stereocenters. The fourth-order valence-corrected chi connectivity index (χ4v) is 2.99. The molecule has 146 valence electrons. The zero-order chi connectivity index (χ0) is 20.3. The number of nitro groups is 1. The van der Waals surface area contributed by atoms with Crippen molar-refractivity contribution in [3.8, 4) is 5.75 Å². The maximum Gasteiger partial charge on any atom is 0.416 e. The van der Waals surface area contributed by atoms with Crippen LogP contribution in [0.15, 0.2) is 48.5 Å². The highest BCUT2D eigenvalue weighted by Gasteiger charge is 2.40. The molecular weight excluding hydrogens is 366 g/mol. The summed E-state index contributed by atoms with van der Waals surface area (Å²) in [5.41, 5.74) is 0.751. The van der Waals surface area contributed by atoms with Crippen LogP contribution in [0.3, 0.4) is 0 Å². The number of nitrogens with zero attached hydrogens (tertiary/aromatic N) is 2. The van der Waals surface area contributed by atoms with Gasteiger partial charge in [0.25, 0.3) is 5.69 Å². The first-order valence-corrected chi connectivity index (χ1v) is 8.62. The highest BCUT2D eigenvalue weighted by molar-refractivity contribution is 5.97. The molecule has 0 spiro atoms. The van der Waals surface area contributed by atoms with Gasteiger partial charge in [0.2, 0.25) is 5.91 Å². The SMILES string of the molecule is Cc1ccc([N+](=O)[O-])cc1NC(=O)[C@H]1C[C@@H](O)CN1C(=O)Oc1ccccc1. The molecular formula is C19H19N3O6. The lowest BCUT2D eigenvalue weighted by Crippen LogP contribution is -2.44. The van der Waals surface area contributed by atoms with E-state index in [1.807, 2.05) is 0 Å². The molecule has 2 aromatic carbocycles. The number of aliphatic hydroxyl groups is 1. The topological polar surface area (TPSA) is 122 Å². The number of anilines is 1. The number of hydrogen-bond donors (Lipinski definition) is 2. The maximum absolute atomic E-state index is 12.7. The molecule has 0 aromatic heterocycles. The van der Waals surface area contributed by atoms with Gasteiger partial charge < -0.3 is 15.2 Å². The number of aliphatic hydroxyl groups excluding tert-OH is 1. The number of aryl methyl sites for hydroxylation is 1. The number of carbonyl (C=O) groups excluding carboxylic acids is 2. The van der Waals surface area contributed by atoms with Gasteiger partial charge >= 0.3 is 6.09 Å². The second kappa shape index (κ2) is 8.05. The van der Waals surface area contributed by atoms with Gasteiger partial charge in [0, 0.05) is 18.6 Å². The lowest BCUT2D eigenvalue weighted by Gasteiger charge is -2.23. The van der Waals surface area contributed by atoms with Crippen LogP contribution in [-0.4, -0.2) is 45.6 Å². The fraction of sp³-hybridized carbons (Fsp3) is 0.263. The molecule has 0 saturated carbocycles.